The molecular formula is C11H13BrCl2N2O2S. The van der Waals surface area contributed by atoms with Gasteiger partial charge < -0.3 is 5.32 Å². The largest absolute Gasteiger partial charge is 0.315 e. The van der Waals surface area contributed by atoms with E-state index >= 15 is 0 Å². The molecule has 1 aliphatic rings. The van der Waals surface area contributed by atoms with Gasteiger partial charge in [-0.25, -0.2) is 8.42 Å². The van der Waals surface area contributed by atoms with Gasteiger partial charge in [-0.05, 0) is 25.1 Å². The number of nitrogens with zero attached hydrogens (tertiary/aromatic N) is 1. The minimum Gasteiger partial charge on any atom is -0.315 e. The number of hydrogen-bond donors (Lipinski definition) is 1. The van der Waals surface area contributed by atoms with Crippen molar-refractivity contribution in [2.24, 2.45) is 0 Å². The van der Waals surface area contributed by atoms with Crippen molar-refractivity contribution in [3.8, 4) is 0 Å². The zero-order valence-electron chi connectivity index (χ0n) is 10.2. The van der Waals surface area contributed by atoms with Crippen LogP contribution < -0.4 is 5.32 Å². The number of hydrogen-bond acceptors (Lipinski definition) is 3. The van der Waals surface area contributed by atoms with Crippen LogP contribution in [0.5, 0.6) is 0 Å². The molecule has 1 N–H and O–H groups in total. The Kier molecular flexibility index (Phi) is 4.80. The fourth-order valence-electron chi connectivity index (χ4n) is 2.07. The topological polar surface area (TPSA) is 49.4 Å². The molecule has 0 aromatic heterocycles. The highest BCUT2D eigenvalue weighted by atomic mass is 79.9. The Labute approximate surface area is 131 Å². The number of rotatable bonds is 3. The van der Waals surface area contributed by atoms with Crippen LogP contribution in [0.2, 0.25) is 10.0 Å². The average Bonchev–Trinajstić information content (AvgIpc) is 2.78. The normalized spacial score (nSPS) is 20.2. The van der Waals surface area contributed by atoms with Gasteiger partial charge in [0.15, 0.2) is 0 Å². The van der Waals surface area contributed by atoms with Crippen LogP contribution in [0.4, 0.5) is 0 Å². The van der Waals surface area contributed by atoms with E-state index in [0.29, 0.717) is 11.0 Å². The molecule has 4 nitrogen and oxygen atoms in total. The van der Waals surface area contributed by atoms with E-state index in [1.807, 2.05) is 0 Å². The van der Waals surface area contributed by atoms with Crippen LogP contribution in [-0.4, -0.2) is 38.9 Å². The Hall–Kier alpha value is 0.150. The van der Waals surface area contributed by atoms with Gasteiger partial charge in [0, 0.05) is 24.1 Å². The highest BCUT2D eigenvalue weighted by Gasteiger charge is 2.33. The summed E-state index contributed by atoms with van der Waals surface area (Å²) in [7, 11) is -2.13. The molecule has 1 heterocycles. The second kappa shape index (κ2) is 5.87. The zero-order valence-corrected chi connectivity index (χ0v) is 14.1. The minimum atomic E-state index is -3.69. The Morgan fingerprint density at radius 2 is 1.95 bits per heavy atom. The minimum absolute atomic E-state index is 0.0339. The molecule has 0 bridgehead atoms. The van der Waals surface area contributed by atoms with Crippen molar-refractivity contribution in [3.05, 3.63) is 26.7 Å². The van der Waals surface area contributed by atoms with Crippen LogP contribution in [0.3, 0.4) is 0 Å². The second-order valence-corrected chi connectivity index (χ2v) is 8.03. The predicted molar refractivity (Wildman–Crippen MR) is 80.4 cm³/mol. The highest BCUT2D eigenvalue weighted by Crippen LogP contribution is 2.35. The standard InChI is InChI=1S/C11H13BrCl2N2O2S/c1-16(8-2-3-15-6-8)19(17,18)11-9(13)4-7(12)5-10(11)14/h4-5,8,15H,2-3,6H2,1H3. The van der Waals surface area contributed by atoms with Crippen molar-refractivity contribution in [2.45, 2.75) is 17.4 Å². The lowest BCUT2D eigenvalue weighted by molar-refractivity contribution is 0.388. The Bertz CT molecular complexity index is 565. The van der Waals surface area contributed by atoms with E-state index in [1.54, 1.807) is 7.05 Å². The maximum absolute atomic E-state index is 12.6. The molecule has 1 fully saturated rings. The number of sulfonamides is 1. The first kappa shape index (κ1) is 15.5. The van der Waals surface area contributed by atoms with Crippen molar-refractivity contribution in [2.75, 3.05) is 20.1 Å². The molecular weight excluding hydrogens is 375 g/mol. The van der Waals surface area contributed by atoms with E-state index < -0.39 is 10.0 Å². The molecule has 1 atom stereocenters. The van der Waals surface area contributed by atoms with Gasteiger partial charge in [-0.3, -0.25) is 0 Å². The summed E-state index contributed by atoms with van der Waals surface area (Å²) in [4.78, 5) is -0.0339. The monoisotopic (exact) mass is 386 g/mol. The molecule has 0 radical (unpaired) electrons. The molecule has 19 heavy (non-hydrogen) atoms. The molecule has 1 saturated heterocycles. The van der Waals surface area contributed by atoms with Crippen LogP contribution >= 0.6 is 39.1 Å². The Balaban J connectivity index is 2.44. The lowest BCUT2D eigenvalue weighted by Gasteiger charge is -2.24. The van der Waals surface area contributed by atoms with Crippen molar-refractivity contribution in [1.82, 2.24) is 9.62 Å². The molecule has 8 heteroatoms. The van der Waals surface area contributed by atoms with Crippen LogP contribution in [0.25, 0.3) is 0 Å². The third-order valence-electron chi connectivity index (χ3n) is 3.15. The van der Waals surface area contributed by atoms with E-state index in [9.17, 15) is 8.42 Å². The number of benzene rings is 1. The second-order valence-electron chi connectivity index (χ2n) is 4.37. The summed E-state index contributed by atoms with van der Waals surface area (Å²) in [6.45, 7) is 1.45. The molecule has 106 valence electrons. The van der Waals surface area contributed by atoms with E-state index in [4.69, 9.17) is 23.2 Å². The van der Waals surface area contributed by atoms with Gasteiger partial charge in [-0.1, -0.05) is 39.1 Å². The summed E-state index contributed by atoms with van der Waals surface area (Å²) in [5.74, 6) is 0. The highest BCUT2D eigenvalue weighted by molar-refractivity contribution is 9.10. The molecule has 0 amide bonds. The number of nitrogens with one attached hydrogen (secondary N) is 1. The summed E-state index contributed by atoms with van der Waals surface area (Å²) in [6.07, 6.45) is 0.779. The van der Waals surface area contributed by atoms with Crippen LogP contribution in [-0.2, 0) is 10.0 Å². The van der Waals surface area contributed by atoms with Crippen molar-refractivity contribution >= 4 is 49.2 Å². The first-order valence-electron chi connectivity index (χ1n) is 5.67. The van der Waals surface area contributed by atoms with Gasteiger partial charge in [0.1, 0.15) is 4.90 Å². The van der Waals surface area contributed by atoms with Crippen molar-refractivity contribution in [3.63, 3.8) is 0 Å². The van der Waals surface area contributed by atoms with Gasteiger partial charge in [0.25, 0.3) is 0 Å². The summed E-state index contributed by atoms with van der Waals surface area (Å²) >= 11 is 15.3. The van der Waals surface area contributed by atoms with E-state index in [-0.39, 0.29) is 21.0 Å². The third-order valence-corrected chi connectivity index (χ3v) is 6.44. The zero-order chi connectivity index (χ0) is 14.2. The van der Waals surface area contributed by atoms with Gasteiger partial charge in [0.2, 0.25) is 10.0 Å². The fourth-order valence-corrected chi connectivity index (χ4v) is 5.33. The molecule has 0 spiro atoms. The number of halogens is 3. The quantitative estimate of drug-likeness (QED) is 0.867. The van der Waals surface area contributed by atoms with Gasteiger partial charge in [0.05, 0.1) is 10.0 Å². The molecule has 0 saturated carbocycles. The average molecular weight is 388 g/mol. The summed E-state index contributed by atoms with van der Waals surface area (Å²) in [6, 6.07) is 2.99. The van der Waals surface area contributed by atoms with Crippen molar-refractivity contribution < 1.29 is 8.42 Å². The summed E-state index contributed by atoms with van der Waals surface area (Å²) in [5.41, 5.74) is 0. The van der Waals surface area contributed by atoms with Crippen molar-refractivity contribution in [1.29, 1.82) is 0 Å². The fraction of sp³-hybridized carbons (Fsp3) is 0.455. The SMILES string of the molecule is CN(C1CCNC1)S(=O)(=O)c1c(Cl)cc(Br)cc1Cl. The summed E-state index contributed by atoms with van der Waals surface area (Å²) < 4.78 is 27.2. The lowest BCUT2D eigenvalue weighted by Crippen LogP contribution is -2.38. The smallest absolute Gasteiger partial charge is 0.246 e. The molecule has 1 aliphatic heterocycles. The Morgan fingerprint density at radius 1 is 1.37 bits per heavy atom. The van der Waals surface area contributed by atoms with Gasteiger partial charge >= 0.3 is 0 Å². The van der Waals surface area contributed by atoms with Gasteiger partial charge in [-0.15, -0.1) is 0 Å². The van der Waals surface area contributed by atoms with Crippen LogP contribution in [0, 0.1) is 0 Å². The maximum atomic E-state index is 12.6. The van der Waals surface area contributed by atoms with Crippen LogP contribution in [0.15, 0.2) is 21.5 Å². The molecule has 0 aliphatic carbocycles. The molecule has 1 aromatic carbocycles. The first-order chi connectivity index (χ1) is 8.84. The Morgan fingerprint density at radius 3 is 2.42 bits per heavy atom. The maximum Gasteiger partial charge on any atom is 0.246 e. The lowest BCUT2D eigenvalue weighted by atomic mass is 10.3. The number of likely N-dealkylation sites (N-methyl/N-ethyl adjacent to an activating group) is 1. The van der Waals surface area contributed by atoms with Crippen LogP contribution in [0.1, 0.15) is 6.42 Å². The third kappa shape index (κ3) is 3.09. The predicted octanol–water partition coefficient (Wildman–Crippen LogP) is 2.74. The first-order valence-corrected chi connectivity index (χ1v) is 8.66. The molecule has 2 rings (SSSR count). The molecule has 1 unspecified atom stereocenters. The van der Waals surface area contributed by atoms with E-state index in [0.717, 1.165) is 13.0 Å². The van der Waals surface area contributed by atoms with Gasteiger partial charge in [-0.2, -0.15) is 4.31 Å². The summed E-state index contributed by atoms with van der Waals surface area (Å²) in [5, 5.41) is 3.38. The van der Waals surface area contributed by atoms with E-state index in [2.05, 4.69) is 21.2 Å². The molecule has 1 aromatic rings. The van der Waals surface area contributed by atoms with E-state index in [1.165, 1.54) is 16.4 Å².